The number of likely N-dealkylation sites (N-methyl/N-ethyl adjacent to an activating group) is 1. The van der Waals surface area contributed by atoms with E-state index in [1.807, 2.05) is 0 Å². The van der Waals surface area contributed by atoms with Gasteiger partial charge in [0.1, 0.15) is 0 Å². The van der Waals surface area contributed by atoms with Crippen molar-refractivity contribution in [3.8, 4) is 0 Å². The quantitative estimate of drug-likeness (QED) is 0.750. The summed E-state index contributed by atoms with van der Waals surface area (Å²) in [4.78, 5) is 15.9. The number of hydrogen-bond acceptors (Lipinski definition) is 3. The van der Waals surface area contributed by atoms with E-state index in [1.165, 1.54) is 25.9 Å². The molecule has 2 aliphatic heterocycles. The van der Waals surface area contributed by atoms with Gasteiger partial charge in [-0.15, -0.1) is 0 Å². The van der Waals surface area contributed by atoms with Crippen LogP contribution < -0.4 is 5.32 Å². The van der Waals surface area contributed by atoms with Crippen molar-refractivity contribution in [1.82, 2.24) is 15.1 Å². The minimum Gasteiger partial charge on any atom is -0.352 e. The number of nitrogens with one attached hydrogen (secondary N) is 1. The van der Waals surface area contributed by atoms with Crippen molar-refractivity contribution in [2.24, 2.45) is 0 Å². The van der Waals surface area contributed by atoms with Crippen LogP contribution in [-0.2, 0) is 4.79 Å². The molecule has 2 aliphatic rings. The van der Waals surface area contributed by atoms with Gasteiger partial charge in [-0.3, -0.25) is 4.79 Å². The number of rotatable bonds is 3. The molecule has 1 atom stereocenters. The molecule has 0 aromatic heterocycles. The third-order valence-electron chi connectivity index (χ3n) is 3.90. The number of likely N-dealkylation sites (tertiary alicyclic amines) is 1. The minimum atomic E-state index is 0.224. The first-order chi connectivity index (χ1) is 7.65. The Morgan fingerprint density at radius 3 is 2.62 bits per heavy atom. The molecule has 0 aromatic rings. The zero-order chi connectivity index (χ0) is 11.5. The van der Waals surface area contributed by atoms with E-state index in [2.05, 4.69) is 29.2 Å². The smallest absolute Gasteiger partial charge is 0.220 e. The lowest BCUT2D eigenvalue weighted by Crippen LogP contribution is -2.46. The molecule has 0 radical (unpaired) electrons. The Hall–Kier alpha value is -0.610. The molecule has 4 nitrogen and oxygen atoms in total. The van der Waals surface area contributed by atoms with Crippen LogP contribution in [0.3, 0.4) is 0 Å². The Balaban J connectivity index is 1.75. The third-order valence-corrected chi connectivity index (χ3v) is 3.90. The van der Waals surface area contributed by atoms with Gasteiger partial charge in [-0.25, -0.2) is 0 Å². The van der Waals surface area contributed by atoms with Gasteiger partial charge in [0.25, 0.3) is 0 Å². The van der Waals surface area contributed by atoms with Crippen LogP contribution in [0, 0.1) is 0 Å². The molecule has 1 N–H and O–H groups in total. The van der Waals surface area contributed by atoms with Crippen molar-refractivity contribution in [3.05, 3.63) is 0 Å². The topological polar surface area (TPSA) is 35.6 Å². The SMILES string of the molecule is CN1CCC(N(C)C[C@H]2CCC(=O)N2)CC1. The Kier molecular flexibility index (Phi) is 3.82. The maximum atomic E-state index is 11.1. The number of nitrogens with zero attached hydrogens (tertiary/aromatic N) is 2. The van der Waals surface area contributed by atoms with Gasteiger partial charge in [-0.2, -0.15) is 0 Å². The highest BCUT2D eigenvalue weighted by Crippen LogP contribution is 2.16. The molecule has 2 rings (SSSR count). The van der Waals surface area contributed by atoms with Crippen LogP contribution in [0.5, 0.6) is 0 Å². The average Bonchev–Trinajstić information content (AvgIpc) is 2.65. The van der Waals surface area contributed by atoms with Crippen LogP contribution in [-0.4, -0.2) is 61.5 Å². The monoisotopic (exact) mass is 225 g/mol. The highest BCUT2D eigenvalue weighted by atomic mass is 16.1. The van der Waals surface area contributed by atoms with Crippen LogP contribution in [0.2, 0.25) is 0 Å². The summed E-state index contributed by atoms with van der Waals surface area (Å²) >= 11 is 0. The molecular weight excluding hydrogens is 202 g/mol. The summed E-state index contributed by atoms with van der Waals surface area (Å²) in [5, 5.41) is 3.04. The van der Waals surface area contributed by atoms with Gasteiger partial charge >= 0.3 is 0 Å². The van der Waals surface area contributed by atoms with Crippen molar-refractivity contribution in [3.63, 3.8) is 0 Å². The third kappa shape index (κ3) is 2.95. The first-order valence-corrected chi connectivity index (χ1v) is 6.33. The highest BCUT2D eigenvalue weighted by molar-refractivity contribution is 5.78. The molecule has 0 unspecified atom stereocenters. The second-order valence-corrected chi connectivity index (χ2v) is 5.28. The number of amides is 1. The van der Waals surface area contributed by atoms with E-state index in [9.17, 15) is 4.79 Å². The lowest BCUT2D eigenvalue weighted by Gasteiger charge is -2.36. The van der Waals surface area contributed by atoms with Gasteiger partial charge in [0, 0.05) is 25.0 Å². The van der Waals surface area contributed by atoms with E-state index in [0.717, 1.165) is 13.0 Å². The predicted molar refractivity (Wildman–Crippen MR) is 64.3 cm³/mol. The lowest BCUT2D eigenvalue weighted by molar-refractivity contribution is -0.119. The summed E-state index contributed by atoms with van der Waals surface area (Å²) in [7, 11) is 4.38. The van der Waals surface area contributed by atoms with Gasteiger partial charge in [0.05, 0.1) is 0 Å². The largest absolute Gasteiger partial charge is 0.352 e. The summed E-state index contributed by atoms with van der Waals surface area (Å²) < 4.78 is 0. The first-order valence-electron chi connectivity index (χ1n) is 6.33. The molecule has 16 heavy (non-hydrogen) atoms. The zero-order valence-electron chi connectivity index (χ0n) is 10.4. The molecule has 92 valence electrons. The molecule has 2 saturated heterocycles. The van der Waals surface area contributed by atoms with Crippen LogP contribution in [0.25, 0.3) is 0 Å². The number of hydrogen-bond donors (Lipinski definition) is 1. The van der Waals surface area contributed by atoms with Gasteiger partial charge in [-0.1, -0.05) is 0 Å². The van der Waals surface area contributed by atoms with E-state index < -0.39 is 0 Å². The summed E-state index contributed by atoms with van der Waals surface area (Å²) in [5.41, 5.74) is 0. The molecule has 0 saturated carbocycles. The van der Waals surface area contributed by atoms with E-state index in [1.54, 1.807) is 0 Å². The molecule has 0 aliphatic carbocycles. The van der Waals surface area contributed by atoms with Crippen LogP contribution >= 0.6 is 0 Å². The second kappa shape index (κ2) is 5.15. The van der Waals surface area contributed by atoms with Crippen molar-refractivity contribution >= 4 is 5.91 Å². The summed E-state index contributed by atoms with van der Waals surface area (Å²) in [5.74, 6) is 0.224. The Morgan fingerprint density at radius 2 is 2.06 bits per heavy atom. The van der Waals surface area contributed by atoms with Gasteiger partial charge < -0.3 is 15.1 Å². The lowest BCUT2D eigenvalue weighted by atomic mass is 10.0. The Morgan fingerprint density at radius 1 is 1.38 bits per heavy atom. The maximum Gasteiger partial charge on any atom is 0.220 e. The standard InChI is InChI=1S/C12H23N3O/c1-14-7-5-11(6-8-14)15(2)9-10-3-4-12(16)13-10/h10-11H,3-9H2,1-2H3,(H,13,16)/t10-/m1/s1. The Labute approximate surface area is 98.0 Å². The van der Waals surface area contributed by atoms with Crippen molar-refractivity contribution < 1.29 is 4.79 Å². The highest BCUT2D eigenvalue weighted by Gasteiger charge is 2.26. The van der Waals surface area contributed by atoms with E-state index >= 15 is 0 Å². The van der Waals surface area contributed by atoms with Crippen LogP contribution in [0.4, 0.5) is 0 Å². The molecule has 0 aromatic carbocycles. The zero-order valence-corrected chi connectivity index (χ0v) is 10.4. The number of carbonyl (C=O) groups is 1. The van der Waals surface area contributed by atoms with Crippen molar-refractivity contribution in [1.29, 1.82) is 0 Å². The number of piperidine rings is 1. The van der Waals surface area contributed by atoms with Crippen molar-refractivity contribution in [2.75, 3.05) is 33.7 Å². The summed E-state index contributed by atoms with van der Waals surface area (Å²) in [6.07, 6.45) is 4.24. The fourth-order valence-electron chi connectivity index (χ4n) is 2.75. The minimum absolute atomic E-state index is 0.224. The first kappa shape index (κ1) is 11.9. The maximum absolute atomic E-state index is 11.1. The second-order valence-electron chi connectivity index (χ2n) is 5.28. The fraction of sp³-hybridized carbons (Fsp3) is 0.917. The predicted octanol–water partition coefficient (Wildman–Crippen LogP) is 0.291. The molecule has 4 heteroatoms. The molecule has 2 heterocycles. The van der Waals surface area contributed by atoms with Crippen LogP contribution in [0.15, 0.2) is 0 Å². The Bertz CT molecular complexity index is 249. The summed E-state index contributed by atoms with van der Waals surface area (Å²) in [6.45, 7) is 3.41. The van der Waals surface area contributed by atoms with Gasteiger partial charge in [-0.05, 0) is 46.4 Å². The molecule has 0 bridgehead atoms. The molecule has 0 spiro atoms. The van der Waals surface area contributed by atoms with Gasteiger partial charge in [0.2, 0.25) is 5.91 Å². The van der Waals surface area contributed by atoms with E-state index in [-0.39, 0.29) is 5.91 Å². The van der Waals surface area contributed by atoms with Crippen molar-refractivity contribution in [2.45, 2.75) is 37.8 Å². The molecule has 1 amide bonds. The fourth-order valence-corrected chi connectivity index (χ4v) is 2.75. The van der Waals surface area contributed by atoms with Gasteiger partial charge in [0.15, 0.2) is 0 Å². The molecular formula is C12H23N3O. The van der Waals surface area contributed by atoms with E-state index in [0.29, 0.717) is 18.5 Å². The normalized spacial score (nSPS) is 28.7. The number of carbonyl (C=O) groups excluding carboxylic acids is 1. The molecule has 2 fully saturated rings. The van der Waals surface area contributed by atoms with E-state index in [4.69, 9.17) is 0 Å². The average molecular weight is 225 g/mol. The van der Waals surface area contributed by atoms with Crippen LogP contribution in [0.1, 0.15) is 25.7 Å². The summed E-state index contributed by atoms with van der Waals surface area (Å²) in [6, 6.07) is 1.09.